The van der Waals surface area contributed by atoms with Crippen molar-refractivity contribution in [3.63, 3.8) is 0 Å². The fourth-order valence-electron chi connectivity index (χ4n) is 3.19. The summed E-state index contributed by atoms with van der Waals surface area (Å²) in [6.45, 7) is 2.10. The van der Waals surface area contributed by atoms with Crippen molar-refractivity contribution < 1.29 is 4.74 Å². The number of hydrogen-bond acceptors (Lipinski definition) is 3. The molecule has 0 fully saturated rings. The fourth-order valence-corrected chi connectivity index (χ4v) is 3.19. The molecule has 5 heteroatoms. The number of ether oxygens (including phenoxy) is 1. The van der Waals surface area contributed by atoms with Gasteiger partial charge in [-0.3, -0.25) is 9.89 Å². The second kappa shape index (κ2) is 6.52. The van der Waals surface area contributed by atoms with Gasteiger partial charge in [-0.1, -0.05) is 30.3 Å². The van der Waals surface area contributed by atoms with E-state index in [1.165, 1.54) is 27.3 Å². The van der Waals surface area contributed by atoms with Crippen LogP contribution in [0.3, 0.4) is 0 Å². The van der Waals surface area contributed by atoms with Crippen molar-refractivity contribution in [1.82, 2.24) is 14.6 Å². The van der Waals surface area contributed by atoms with E-state index < -0.39 is 0 Å². The number of nitrogens with one attached hydrogen (secondary N) is 1. The largest absolute Gasteiger partial charge is 0.497 e. The molecule has 1 N–H and O–H groups in total. The average molecular weight is 345 g/mol. The molecule has 0 unspecified atom stereocenters. The first kappa shape index (κ1) is 16.1. The van der Waals surface area contributed by atoms with Crippen LogP contribution >= 0.6 is 0 Å². The summed E-state index contributed by atoms with van der Waals surface area (Å²) in [4.78, 5) is 16.2. The molecule has 0 bridgehead atoms. The minimum absolute atomic E-state index is 0.118. The first-order valence-electron chi connectivity index (χ1n) is 8.43. The Balaban J connectivity index is 1.69. The molecule has 0 saturated heterocycles. The molecule has 2 heterocycles. The number of aromatic amines is 1. The van der Waals surface area contributed by atoms with Gasteiger partial charge in [0.15, 0.2) is 5.65 Å². The highest BCUT2D eigenvalue weighted by Crippen LogP contribution is 2.26. The number of methoxy groups -OCH3 is 1. The SMILES string of the molecule is COc1cccc(Cc2ccc(-c3c[nH]n4c(=O)ccnc34)cc2C)c1. The molecule has 0 aliphatic heterocycles. The van der Waals surface area contributed by atoms with Crippen molar-refractivity contribution in [2.75, 3.05) is 7.11 Å². The smallest absolute Gasteiger partial charge is 0.272 e. The molecule has 26 heavy (non-hydrogen) atoms. The van der Waals surface area contributed by atoms with Gasteiger partial charge in [0.05, 0.1) is 7.11 Å². The van der Waals surface area contributed by atoms with Gasteiger partial charge in [0.2, 0.25) is 0 Å². The fraction of sp³-hybridized carbons (Fsp3) is 0.143. The minimum Gasteiger partial charge on any atom is -0.497 e. The van der Waals surface area contributed by atoms with Crippen LogP contribution in [0, 0.1) is 6.92 Å². The Hall–Kier alpha value is -3.34. The number of rotatable bonds is 4. The number of aromatic nitrogens is 3. The summed E-state index contributed by atoms with van der Waals surface area (Å²) in [7, 11) is 1.68. The predicted molar refractivity (Wildman–Crippen MR) is 102 cm³/mol. The Morgan fingerprint density at radius 1 is 1.15 bits per heavy atom. The molecule has 4 aromatic rings. The summed E-state index contributed by atoms with van der Waals surface area (Å²) in [6.07, 6.45) is 4.20. The van der Waals surface area contributed by atoms with Gasteiger partial charge in [0.25, 0.3) is 5.56 Å². The first-order chi connectivity index (χ1) is 12.7. The third-order valence-corrected chi connectivity index (χ3v) is 4.61. The molecular formula is C21H19N3O2. The quantitative estimate of drug-likeness (QED) is 0.615. The Bertz CT molecular complexity index is 1140. The van der Waals surface area contributed by atoms with Gasteiger partial charge in [-0.05, 0) is 47.7 Å². The molecule has 130 valence electrons. The van der Waals surface area contributed by atoms with Crippen molar-refractivity contribution in [1.29, 1.82) is 0 Å². The van der Waals surface area contributed by atoms with Crippen LogP contribution in [0.2, 0.25) is 0 Å². The van der Waals surface area contributed by atoms with E-state index in [1.807, 2.05) is 18.3 Å². The van der Waals surface area contributed by atoms with Crippen LogP contribution < -0.4 is 10.3 Å². The summed E-state index contributed by atoms with van der Waals surface area (Å²) in [5, 5.41) is 2.97. The molecule has 2 aromatic carbocycles. The molecule has 0 radical (unpaired) electrons. The second-order valence-electron chi connectivity index (χ2n) is 6.30. The van der Waals surface area contributed by atoms with Crippen molar-refractivity contribution in [3.05, 3.63) is 88.0 Å². The van der Waals surface area contributed by atoms with Crippen LogP contribution in [0.4, 0.5) is 0 Å². The number of nitrogens with zero attached hydrogens (tertiary/aromatic N) is 2. The number of aryl methyl sites for hydroxylation is 1. The lowest BCUT2D eigenvalue weighted by Crippen LogP contribution is -2.12. The van der Waals surface area contributed by atoms with Crippen LogP contribution in [0.5, 0.6) is 5.75 Å². The molecule has 0 aliphatic carbocycles. The van der Waals surface area contributed by atoms with Crippen molar-refractivity contribution >= 4 is 5.65 Å². The Kier molecular flexibility index (Phi) is 4.05. The maximum absolute atomic E-state index is 11.9. The van der Waals surface area contributed by atoms with Gasteiger partial charge >= 0.3 is 0 Å². The maximum atomic E-state index is 11.9. The van der Waals surface area contributed by atoms with E-state index in [-0.39, 0.29) is 5.56 Å². The van der Waals surface area contributed by atoms with Crippen LogP contribution in [-0.2, 0) is 6.42 Å². The van der Waals surface area contributed by atoms with Crippen LogP contribution in [0.25, 0.3) is 16.8 Å². The molecule has 4 rings (SSSR count). The van der Waals surface area contributed by atoms with E-state index >= 15 is 0 Å². The van der Waals surface area contributed by atoms with Gasteiger partial charge in [-0.15, -0.1) is 0 Å². The number of hydrogen-bond donors (Lipinski definition) is 1. The van der Waals surface area contributed by atoms with Crippen molar-refractivity contribution in [2.24, 2.45) is 0 Å². The lowest BCUT2D eigenvalue weighted by atomic mass is 9.97. The van der Waals surface area contributed by atoms with Crippen LogP contribution in [0.1, 0.15) is 16.7 Å². The normalized spacial score (nSPS) is 11.0. The third-order valence-electron chi connectivity index (χ3n) is 4.61. The van der Waals surface area contributed by atoms with Crippen molar-refractivity contribution in [3.8, 4) is 16.9 Å². The zero-order valence-electron chi connectivity index (χ0n) is 14.7. The standard InChI is InChI=1S/C21H19N3O2/c1-14-10-17(19-13-23-24-20(25)8-9-22-21(19)24)7-6-16(14)11-15-4-3-5-18(12-15)26-2/h3-10,12-13,23H,11H2,1-2H3. The Morgan fingerprint density at radius 3 is 2.85 bits per heavy atom. The molecular weight excluding hydrogens is 326 g/mol. The average Bonchev–Trinajstić information content (AvgIpc) is 3.09. The van der Waals surface area contributed by atoms with Gasteiger partial charge in [0, 0.05) is 24.0 Å². The summed E-state index contributed by atoms with van der Waals surface area (Å²) >= 11 is 0. The molecule has 0 atom stereocenters. The van der Waals surface area contributed by atoms with E-state index in [2.05, 4.69) is 47.3 Å². The highest BCUT2D eigenvalue weighted by atomic mass is 16.5. The topological polar surface area (TPSA) is 59.4 Å². The van der Waals surface area contributed by atoms with E-state index in [4.69, 9.17) is 4.74 Å². The van der Waals surface area contributed by atoms with E-state index in [9.17, 15) is 4.79 Å². The monoisotopic (exact) mass is 345 g/mol. The lowest BCUT2D eigenvalue weighted by Gasteiger charge is -2.09. The number of fused-ring (bicyclic) bond motifs is 1. The lowest BCUT2D eigenvalue weighted by molar-refractivity contribution is 0.414. The van der Waals surface area contributed by atoms with Crippen molar-refractivity contribution in [2.45, 2.75) is 13.3 Å². The Morgan fingerprint density at radius 2 is 2.04 bits per heavy atom. The molecule has 0 amide bonds. The van der Waals surface area contributed by atoms with Gasteiger partial charge < -0.3 is 4.74 Å². The molecule has 0 aliphatic rings. The molecule has 0 spiro atoms. The van der Waals surface area contributed by atoms with Gasteiger partial charge in [-0.25, -0.2) is 9.50 Å². The van der Waals surface area contributed by atoms with E-state index in [0.29, 0.717) is 5.65 Å². The van der Waals surface area contributed by atoms with Gasteiger partial charge in [-0.2, -0.15) is 0 Å². The second-order valence-corrected chi connectivity index (χ2v) is 6.30. The highest BCUT2D eigenvalue weighted by molar-refractivity contribution is 5.77. The number of H-pyrrole nitrogens is 1. The summed E-state index contributed by atoms with van der Waals surface area (Å²) < 4.78 is 6.76. The Labute approximate surface area is 150 Å². The highest BCUT2D eigenvalue weighted by Gasteiger charge is 2.10. The summed E-state index contributed by atoms with van der Waals surface area (Å²) in [5.74, 6) is 0.868. The zero-order chi connectivity index (χ0) is 18.1. The number of benzene rings is 2. The summed E-state index contributed by atoms with van der Waals surface area (Å²) in [6, 6.07) is 15.9. The van der Waals surface area contributed by atoms with Gasteiger partial charge in [0.1, 0.15) is 5.75 Å². The summed E-state index contributed by atoms with van der Waals surface area (Å²) in [5.41, 5.74) is 6.13. The molecule has 0 saturated carbocycles. The maximum Gasteiger partial charge on any atom is 0.272 e. The molecule has 5 nitrogen and oxygen atoms in total. The zero-order valence-corrected chi connectivity index (χ0v) is 14.7. The van der Waals surface area contributed by atoms with E-state index in [0.717, 1.165) is 23.3 Å². The van der Waals surface area contributed by atoms with Crippen LogP contribution in [-0.4, -0.2) is 21.7 Å². The third kappa shape index (κ3) is 2.88. The minimum atomic E-state index is -0.118. The first-order valence-corrected chi connectivity index (χ1v) is 8.43. The predicted octanol–water partition coefficient (Wildman–Crippen LogP) is 3.60. The van der Waals surface area contributed by atoms with Crippen LogP contribution in [0.15, 0.2) is 65.7 Å². The molecule has 2 aromatic heterocycles. The van der Waals surface area contributed by atoms with E-state index in [1.54, 1.807) is 13.3 Å².